The largest absolute Gasteiger partial charge is 0.489 e. The van der Waals surface area contributed by atoms with Crippen molar-refractivity contribution in [3.8, 4) is 5.75 Å². The third-order valence-electron chi connectivity index (χ3n) is 3.18. The second kappa shape index (κ2) is 7.19. The molecule has 1 N–H and O–H groups in total. The SMILES string of the molecule is C=CCOc1ccccc1CNN1CCCCC1. The van der Waals surface area contributed by atoms with Gasteiger partial charge in [-0.1, -0.05) is 37.3 Å². The standard InChI is InChI=1S/C15H22N2O/c1-2-12-18-15-9-5-4-8-14(15)13-16-17-10-6-3-7-11-17/h2,4-5,8-9,16H,1,3,6-7,10-13H2. The van der Waals surface area contributed by atoms with Crippen molar-refractivity contribution in [2.24, 2.45) is 0 Å². The van der Waals surface area contributed by atoms with E-state index in [9.17, 15) is 0 Å². The van der Waals surface area contributed by atoms with Gasteiger partial charge in [0.05, 0.1) is 0 Å². The van der Waals surface area contributed by atoms with Crippen LogP contribution in [0, 0.1) is 0 Å². The monoisotopic (exact) mass is 246 g/mol. The highest BCUT2D eigenvalue weighted by Gasteiger charge is 2.10. The average molecular weight is 246 g/mol. The Morgan fingerprint density at radius 3 is 2.78 bits per heavy atom. The first kappa shape index (κ1) is 13.1. The molecule has 18 heavy (non-hydrogen) atoms. The summed E-state index contributed by atoms with van der Waals surface area (Å²) in [6, 6.07) is 8.17. The van der Waals surface area contributed by atoms with Crippen molar-refractivity contribution < 1.29 is 4.74 Å². The van der Waals surface area contributed by atoms with Crippen LogP contribution >= 0.6 is 0 Å². The zero-order valence-electron chi connectivity index (χ0n) is 10.9. The van der Waals surface area contributed by atoms with Gasteiger partial charge in [0.1, 0.15) is 12.4 Å². The molecule has 1 fully saturated rings. The summed E-state index contributed by atoms with van der Waals surface area (Å²) in [7, 11) is 0. The summed E-state index contributed by atoms with van der Waals surface area (Å²) < 4.78 is 5.65. The number of hydrazine groups is 1. The van der Waals surface area contributed by atoms with E-state index in [1.165, 1.54) is 24.8 Å². The molecule has 2 rings (SSSR count). The number of piperidine rings is 1. The van der Waals surface area contributed by atoms with Gasteiger partial charge in [-0.15, -0.1) is 0 Å². The third kappa shape index (κ3) is 3.86. The maximum atomic E-state index is 5.65. The third-order valence-corrected chi connectivity index (χ3v) is 3.18. The Morgan fingerprint density at radius 2 is 2.00 bits per heavy atom. The first-order valence-electron chi connectivity index (χ1n) is 6.70. The minimum absolute atomic E-state index is 0.556. The van der Waals surface area contributed by atoms with Gasteiger partial charge in [0, 0.05) is 25.2 Å². The molecule has 0 bridgehead atoms. The number of nitrogens with one attached hydrogen (secondary N) is 1. The Morgan fingerprint density at radius 1 is 1.22 bits per heavy atom. The topological polar surface area (TPSA) is 24.5 Å². The number of rotatable bonds is 6. The fourth-order valence-electron chi connectivity index (χ4n) is 2.19. The molecule has 0 atom stereocenters. The van der Waals surface area contributed by atoms with Crippen LogP contribution in [-0.4, -0.2) is 24.7 Å². The van der Waals surface area contributed by atoms with Crippen molar-refractivity contribution >= 4 is 0 Å². The zero-order chi connectivity index (χ0) is 12.6. The Labute approximate surface area is 109 Å². The molecule has 0 aromatic heterocycles. The predicted octanol–water partition coefficient (Wildman–Crippen LogP) is 2.74. The van der Waals surface area contributed by atoms with Gasteiger partial charge < -0.3 is 4.74 Å². The quantitative estimate of drug-likeness (QED) is 0.781. The van der Waals surface area contributed by atoms with Crippen LogP contribution < -0.4 is 10.2 Å². The van der Waals surface area contributed by atoms with Gasteiger partial charge in [0.2, 0.25) is 0 Å². The number of benzene rings is 1. The molecule has 0 radical (unpaired) electrons. The number of ether oxygens (including phenoxy) is 1. The van der Waals surface area contributed by atoms with E-state index in [-0.39, 0.29) is 0 Å². The lowest BCUT2D eigenvalue weighted by Gasteiger charge is -2.27. The summed E-state index contributed by atoms with van der Waals surface area (Å²) in [4.78, 5) is 0. The molecule has 1 aliphatic heterocycles. The Kier molecular flexibility index (Phi) is 5.24. The van der Waals surface area contributed by atoms with E-state index < -0.39 is 0 Å². The minimum Gasteiger partial charge on any atom is -0.489 e. The highest BCUT2D eigenvalue weighted by molar-refractivity contribution is 5.33. The molecule has 1 heterocycles. The van der Waals surface area contributed by atoms with E-state index in [1.54, 1.807) is 6.08 Å². The molecular formula is C15H22N2O. The van der Waals surface area contributed by atoms with E-state index in [0.717, 1.165) is 25.4 Å². The van der Waals surface area contributed by atoms with Gasteiger partial charge in [-0.25, -0.2) is 5.01 Å². The Bertz CT molecular complexity index is 373. The first-order chi connectivity index (χ1) is 8.90. The van der Waals surface area contributed by atoms with Crippen LogP contribution in [0.3, 0.4) is 0 Å². The molecule has 0 saturated carbocycles. The van der Waals surface area contributed by atoms with Crippen molar-refractivity contribution in [3.05, 3.63) is 42.5 Å². The average Bonchev–Trinajstić information content (AvgIpc) is 2.45. The smallest absolute Gasteiger partial charge is 0.124 e. The maximum Gasteiger partial charge on any atom is 0.124 e. The van der Waals surface area contributed by atoms with E-state index in [1.807, 2.05) is 18.2 Å². The van der Waals surface area contributed by atoms with Crippen LogP contribution in [0.2, 0.25) is 0 Å². The van der Waals surface area contributed by atoms with Crippen LogP contribution in [0.5, 0.6) is 5.75 Å². The number of para-hydroxylation sites is 1. The summed E-state index contributed by atoms with van der Waals surface area (Å²) in [6.45, 7) is 7.36. The molecular weight excluding hydrogens is 224 g/mol. The van der Waals surface area contributed by atoms with Crippen molar-refractivity contribution in [3.63, 3.8) is 0 Å². The molecule has 0 aliphatic carbocycles. The van der Waals surface area contributed by atoms with Crippen LogP contribution in [0.1, 0.15) is 24.8 Å². The molecule has 0 amide bonds. The van der Waals surface area contributed by atoms with Crippen LogP contribution in [-0.2, 0) is 6.54 Å². The maximum absolute atomic E-state index is 5.65. The van der Waals surface area contributed by atoms with Gasteiger partial charge >= 0.3 is 0 Å². The lowest BCUT2D eigenvalue weighted by Crippen LogP contribution is -2.41. The molecule has 3 heteroatoms. The molecule has 0 spiro atoms. The predicted molar refractivity (Wildman–Crippen MR) is 74.4 cm³/mol. The van der Waals surface area contributed by atoms with Crippen LogP contribution in [0.25, 0.3) is 0 Å². The molecule has 1 aliphatic rings. The fourth-order valence-corrected chi connectivity index (χ4v) is 2.19. The lowest BCUT2D eigenvalue weighted by molar-refractivity contribution is 0.150. The summed E-state index contributed by atoms with van der Waals surface area (Å²) >= 11 is 0. The van der Waals surface area contributed by atoms with E-state index in [4.69, 9.17) is 4.74 Å². The molecule has 1 saturated heterocycles. The molecule has 3 nitrogen and oxygen atoms in total. The Hall–Kier alpha value is -1.32. The van der Waals surface area contributed by atoms with Gasteiger partial charge in [0.25, 0.3) is 0 Å². The summed E-state index contributed by atoms with van der Waals surface area (Å²) in [5, 5.41) is 2.31. The number of nitrogens with zero attached hydrogens (tertiary/aromatic N) is 1. The Balaban J connectivity index is 1.88. The van der Waals surface area contributed by atoms with Crippen molar-refractivity contribution in [2.75, 3.05) is 19.7 Å². The van der Waals surface area contributed by atoms with Gasteiger partial charge in [-0.2, -0.15) is 0 Å². The molecule has 98 valence electrons. The number of hydrogen-bond donors (Lipinski definition) is 1. The molecule has 1 aromatic rings. The zero-order valence-corrected chi connectivity index (χ0v) is 10.9. The van der Waals surface area contributed by atoms with Gasteiger partial charge in [0.15, 0.2) is 0 Å². The summed E-state index contributed by atoms with van der Waals surface area (Å²) in [5.74, 6) is 0.946. The fraction of sp³-hybridized carbons (Fsp3) is 0.467. The van der Waals surface area contributed by atoms with Crippen molar-refractivity contribution in [1.82, 2.24) is 10.4 Å². The highest BCUT2D eigenvalue weighted by Crippen LogP contribution is 2.18. The highest BCUT2D eigenvalue weighted by atomic mass is 16.5. The lowest BCUT2D eigenvalue weighted by atomic mass is 10.1. The van der Waals surface area contributed by atoms with Gasteiger partial charge in [-0.3, -0.25) is 5.43 Å². The number of hydrogen-bond acceptors (Lipinski definition) is 3. The molecule has 0 unspecified atom stereocenters. The van der Waals surface area contributed by atoms with E-state index in [2.05, 4.69) is 23.1 Å². The summed E-state index contributed by atoms with van der Waals surface area (Å²) in [5.41, 5.74) is 4.68. The van der Waals surface area contributed by atoms with E-state index in [0.29, 0.717) is 6.61 Å². The summed E-state index contributed by atoms with van der Waals surface area (Å²) in [6.07, 6.45) is 5.72. The molecule has 1 aromatic carbocycles. The van der Waals surface area contributed by atoms with Crippen LogP contribution in [0.4, 0.5) is 0 Å². The minimum atomic E-state index is 0.556. The second-order valence-corrected chi connectivity index (χ2v) is 4.59. The van der Waals surface area contributed by atoms with Crippen molar-refractivity contribution in [2.45, 2.75) is 25.8 Å². The van der Waals surface area contributed by atoms with Crippen LogP contribution in [0.15, 0.2) is 36.9 Å². The first-order valence-corrected chi connectivity index (χ1v) is 6.70. The second-order valence-electron chi connectivity index (χ2n) is 4.59. The normalized spacial score (nSPS) is 16.4. The van der Waals surface area contributed by atoms with Crippen molar-refractivity contribution in [1.29, 1.82) is 0 Å². The van der Waals surface area contributed by atoms with Gasteiger partial charge in [-0.05, 0) is 18.9 Å². The van der Waals surface area contributed by atoms with E-state index >= 15 is 0 Å².